The topological polar surface area (TPSA) is 57.6 Å². The molecule has 1 fully saturated rings. The minimum atomic E-state index is -3.65. The van der Waals surface area contributed by atoms with Crippen LogP contribution in [0.3, 0.4) is 0 Å². The van der Waals surface area contributed by atoms with Crippen molar-refractivity contribution in [2.24, 2.45) is 0 Å². The smallest absolute Gasteiger partial charge is 0.243 e. The maximum Gasteiger partial charge on any atom is 0.243 e. The molecule has 0 radical (unpaired) electrons. The van der Waals surface area contributed by atoms with Gasteiger partial charge in [-0.1, -0.05) is 30.3 Å². The van der Waals surface area contributed by atoms with E-state index in [1.165, 1.54) is 28.6 Å². The molecule has 1 saturated carbocycles. The van der Waals surface area contributed by atoms with Crippen LogP contribution in [0.1, 0.15) is 24.5 Å². The summed E-state index contributed by atoms with van der Waals surface area (Å²) in [4.78, 5) is 0.221. The molecule has 1 unspecified atom stereocenters. The van der Waals surface area contributed by atoms with Gasteiger partial charge in [0.2, 0.25) is 10.0 Å². The van der Waals surface area contributed by atoms with Crippen molar-refractivity contribution in [3.8, 4) is 0 Å². The number of nitrogens with zero attached hydrogens (tertiary/aromatic N) is 1. The third-order valence-corrected chi connectivity index (χ3v) is 5.84. The van der Waals surface area contributed by atoms with Crippen LogP contribution in [0.4, 0.5) is 4.39 Å². The van der Waals surface area contributed by atoms with E-state index < -0.39 is 21.9 Å². The molecule has 0 bridgehead atoms. The summed E-state index contributed by atoms with van der Waals surface area (Å²) in [6.07, 6.45) is 0.597. The van der Waals surface area contributed by atoms with E-state index in [0.717, 1.165) is 12.8 Å². The Labute approximate surface area is 135 Å². The van der Waals surface area contributed by atoms with Crippen LogP contribution in [0, 0.1) is 5.82 Å². The number of sulfonamides is 1. The zero-order valence-corrected chi connectivity index (χ0v) is 13.3. The van der Waals surface area contributed by atoms with Gasteiger partial charge in [-0.05, 0) is 42.7 Å². The molecule has 0 spiro atoms. The average molecular weight is 335 g/mol. The number of halogens is 1. The molecule has 3 rings (SSSR count). The Balaban J connectivity index is 1.84. The second-order valence-electron chi connectivity index (χ2n) is 5.69. The number of hydrogen-bond donors (Lipinski definition) is 1. The average Bonchev–Trinajstić information content (AvgIpc) is 3.38. The fourth-order valence-electron chi connectivity index (χ4n) is 2.49. The van der Waals surface area contributed by atoms with E-state index in [9.17, 15) is 17.9 Å². The summed E-state index contributed by atoms with van der Waals surface area (Å²) >= 11 is 0. The van der Waals surface area contributed by atoms with E-state index in [2.05, 4.69) is 0 Å². The van der Waals surface area contributed by atoms with Gasteiger partial charge in [0, 0.05) is 12.6 Å². The van der Waals surface area contributed by atoms with Crippen LogP contribution >= 0.6 is 0 Å². The van der Waals surface area contributed by atoms with Gasteiger partial charge in [-0.2, -0.15) is 4.31 Å². The predicted octanol–water partition coefficient (Wildman–Crippen LogP) is 2.71. The molecule has 23 heavy (non-hydrogen) atoms. The van der Waals surface area contributed by atoms with Crippen LogP contribution in [0.5, 0.6) is 0 Å². The van der Waals surface area contributed by atoms with Crippen molar-refractivity contribution in [1.82, 2.24) is 4.31 Å². The molecule has 122 valence electrons. The Kier molecular flexibility index (Phi) is 4.48. The van der Waals surface area contributed by atoms with Gasteiger partial charge in [-0.3, -0.25) is 0 Å². The van der Waals surface area contributed by atoms with Gasteiger partial charge in [0.25, 0.3) is 0 Å². The van der Waals surface area contributed by atoms with Crippen LogP contribution in [0.2, 0.25) is 0 Å². The molecule has 0 amide bonds. The van der Waals surface area contributed by atoms with Crippen molar-refractivity contribution in [2.45, 2.75) is 29.9 Å². The molecule has 4 nitrogen and oxygen atoms in total. The summed E-state index contributed by atoms with van der Waals surface area (Å²) < 4.78 is 39.9. The highest BCUT2D eigenvalue weighted by Crippen LogP contribution is 2.33. The van der Waals surface area contributed by atoms with E-state index >= 15 is 0 Å². The van der Waals surface area contributed by atoms with Crippen LogP contribution in [0.15, 0.2) is 59.5 Å². The number of rotatable bonds is 6. The number of hydrogen-bond acceptors (Lipinski definition) is 3. The maximum absolute atomic E-state index is 13.0. The molecule has 1 aliphatic rings. The van der Waals surface area contributed by atoms with Crippen molar-refractivity contribution < 1.29 is 17.9 Å². The van der Waals surface area contributed by atoms with Gasteiger partial charge >= 0.3 is 0 Å². The summed E-state index contributed by atoms with van der Waals surface area (Å²) in [6.45, 7) is -0.0342. The highest BCUT2D eigenvalue weighted by molar-refractivity contribution is 7.89. The summed E-state index contributed by atoms with van der Waals surface area (Å²) in [5, 5.41) is 10.3. The Morgan fingerprint density at radius 1 is 1.09 bits per heavy atom. The first-order valence-corrected chi connectivity index (χ1v) is 8.93. The highest BCUT2D eigenvalue weighted by Gasteiger charge is 2.39. The summed E-state index contributed by atoms with van der Waals surface area (Å²) in [5.74, 6) is -0.392. The standard InChI is InChI=1S/C17H18FNO3S/c18-14-8-6-13(7-9-14)17(20)12-19(15-10-11-15)23(21,22)16-4-2-1-3-5-16/h1-9,15,17,20H,10-12H2. The summed E-state index contributed by atoms with van der Waals surface area (Å²) in [5.41, 5.74) is 0.500. The van der Waals surface area contributed by atoms with Gasteiger partial charge in [-0.15, -0.1) is 0 Å². The second-order valence-corrected chi connectivity index (χ2v) is 7.58. The Morgan fingerprint density at radius 2 is 1.70 bits per heavy atom. The van der Waals surface area contributed by atoms with Gasteiger partial charge in [0.15, 0.2) is 0 Å². The highest BCUT2D eigenvalue weighted by atomic mass is 32.2. The van der Waals surface area contributed by atoms with Crippen molar-refractivity contribution >= 4 is 10.0 Å². The van der Waals surface area contributed by atoms with Gasteiger partial charge in [-0.25, -0.2) is 12.8 Å². The molecule has 1 N–H and O–H groups in total. The molecule has 0 saturated heterocycles. The SMILES string of the molecule is O=S(=O)(c1ccccc1)N(CC(O)c1ccc(F)cc1)C1CC1. The van der Waals surface area contributed by atoms with Crippen molar-refractivity contribution in [3.63, 3.8) is 0 Å². The molecular weight excluding hydrogens is 317 g/mol. The lowest BCUT2D eigenvalue weighted by Gasteiger charge is -2.24. The first kappa shape index (κ1) is 16.1. The largest absolute Gasteiger partial charge is 0.387 e. The zero-order valence-electron chi connectivity index (χ0n) is 12.5. The number of aliphatic hydroxyl groups is 1. The Morgan fingerprint density at radius 3 is 2.26 bits per heavy atom. The Hall–Kier alpha value is -1.76. The maximum atomic E-state index is 13.0. The molecule has 2 aromatic carbocycles. The molecular formula is C17H18FNO3S. The van der Waals surface area contributed by atoms with Crippen LogP contribution in [-0.2, 0) is 10.0 Å². The van der Waals surface area contributed by atoms with Crippen LogP contribution in [-0.4, -0.2) is 30.4 Å². The number of benzene rings is 2. The van der Waals surface area contributed by atoms with E-state index in [0.29, 0.717) is 5.56 Å². The van der Waals surface area contributed by atoms with Crippen molar-refractivity contribution in [1.29, 1.82) is 0 Å². The molecule has 1 aliphatic carbocycles. The third kappa shape index (κ3) is 3.60. The van der Waals surface area contributed by atoms with Gasteiger partial charge in [0.1, 0.15) is 5.82 Å². The first-order valence-electron chi connectivity index (χ1n) is 7.49. The molecule has 2 aromatic rings. The monoisotopic (exact) mass is 335 g/mol. The van der Waals surface area contributed by atoms with Gasteiger partial charge < -0.3 is 5.11 Å². The van der Waals surface area contributed by atoms with Crippen molar-refractivity contribution in [3.05, 3.63) is 66.0 Å². The molecule has 1 atom stereocenters. The van der Waals surface area contributed by atoms with Crippen LogP contribution in [0.25, 0.3) is 0 Å². The van der Waals surface area contributed by atoms with E-state index in [1.54, 1.807) is 30.3 Å². The lowest BCUT2D eigenvalue weighted by Crippen LogP contribution is -2.36. The molecule has 0 heterocycles. The first-order chi connectivity index (χ1) is 11.0. The van der Waals surface area contributed by atoms with Crippen LogP contribution < -0.4 is 0 Å². The van der Waals surface area contributed by atoms with Crippen molar-refractivity contribution in [2.75, 3.05) is 6.54 Å². The molecule has 0 aliphatic heterocycles. The van der Waals surface area contributed by atoms with E-state index in [4.69, 9.17) is 0 Å². The fraction of sp³-hybridized carbons (Fsp3) is 0.294. The van der Waals surface area contributed by atoms with E-state index in [1.807, 2.05) is 0 Å². The minimum Gasteiger partial charge on any atom is -0.387 e. The zero-order chi connectivity index (χ0) is 16.4. The van der Waals surface area contributed by atoms with E-state index in [-0.39, 0.29) is 17.5 Å². The predicted molar refractivity (Wildman–Crippen MR) is 84.7 cm³/mol. The quantitative estimate of drug-likeness (QED) is 0.883. The number of aliphatic hydroxyl groups excluding tert-OH is 1. The summed E-state index contributed by atoms with van der Waals surface area (Å²) in [6, 6.07) is 13.6. The lowest BCUT2D eigenvalue weighted by molar-refractivity contribution is 0.145. The normalized spacial score (nSPS) is 16.5. The fourth-order valence-corrected chi connectivity index (χ4v) is 4.21. The minimum absolute atomic E-state index is 0.0342. The second kappa shape index (κ2) is 6.39. The molecule has 6 heteroatoms. The summed E-state index contributed by atoms with van der Waals surface area (Å²) in [7, 11) is -3.65. The van der Waals surface area contributed by atoms with Gasteiger partial charge in [0.05, 0.1) is 11.0 Å². The third-order valence-electron chi connectivity index (χ3n) is 3.91. The Bertz CT molecular complexity index is 758. The molecule has 0 aromatic heterocycles. The lowest BCUT2D eigenvalue weighted by atomic mass is 10.1.